The highest BCUT2D eigenvalue weighted by molar-refractivity contribution is 6.00. The van der Waals surface area contributed by atoms with Crippen LogP contribution in [0.5, 0.6) is 0 Å². The van der Waals surface area contributed by atoms with Gasteiger partial charge in [-0.2, -0.15) is 0 Å². The summed E-state index contributed by atoms with van der Waals surface area (Å²) in [7, 11) is 0. The van der Waals surface area contributed by atoms with Crippen LogP contribution in [0, 0.1) is 6.92 Å². The molecule has 1 heteroatoms. The van der Waals surface area contributed by atoms with Gasteiger partial charge in [0.05, 0.1) is 5.69 Å². The second-order valence-electron chi connectivity index (χ2n) is 15.8. The Bertz CT molecular complexity index is 2900. The molecule has 10 rings (SSSR count). The average Bonchev–Trinajstić information content (AvgIpc) is 3.50. The molecule has 0 spiro atoms. The number of fused-ring (bicyclic) bond motifs is 4. The average molecular weight is 730 g/mol. The fourth-order valence-corrected chi connectivity index (χ4v) is 9.07. The lowest BCUT2D eigenvalue weighted by molar-refractivity contribution is 0.660. The molecule has 0 saturated heterocycles. The van der Waals surface area contributed by atoms with Gasteiger partial charge in [0.15, 0.2) is 0 Å². The Morgan fingerprint density at radius 3 is 1.60 bits per heavy atom. The number of anilines is 3. The van der Waals surface area contributed by atoms with Crippen LogP contribution in [0.3, 0.4) is 0 Å². The molecule has 9 aromatic rings. The zero-order valence-corrected chi connectivity index (χ0v) is 32.6. The first-order valence-corrected chi connectivity index (χ1v) is 19.9. The quantitative estimate of drug-likeness (QED) is 0.158. The van der Waals surface area contributed by atoms with Crippen LogP contribution in [-0.4, -0.2) is 0 Å². The minimum Gasteiger partial charge on any atom is -0.310 e. The molecule has 272 valence electrons. The van der Waals surface area contributed by atoms with Gasteiger partial charge in [-0.05, 0) is 121 Å². The summed E-state index contributed by atoms with van der Waals surface area (Å²) in [6.07, 6.45) is 0. The molecule has 0 unspecified atom stereocenters. The summed E-state index contributed by atoms with van der Waals surface area (Å²) in [6.45, 7) is 7.01. The molecule has 0 amide bonds. The summed E-state index contributed by atoms with van der Waals surface area (Å²) in [5.74, 6) is 0. The second kappa shape index (κ2) is 14.0. The van der Waals surface area contributed by atoms with Gasteiger partial charge in [-0.3, -0.25) is 0 Å². The second-order valence-corrected chi connectivity index (χ2v) is 15.8. The van der Waals surface area contributed by atoms with Gasteiger partial charge in [0.2, 0.25) is 0 Å². The summed E-state index contributed by atoms with van der Waals surface area (Å²) >= 11 is 0. The van der Waals surface area contributed by atoms with Crippen molar-refractivity contribution in [3.63, 3.8) is 0 Å². The number of aryl methyl sites for hydroxylation is 1. The summed E-state index contributed by atoms with van der Waals surface area (Å²) < 4.78 is 0. The molecular weight excluding hydrogens is 687 g/mol. The zero-order valence-electron chi connectivity index (χ0n) is 32.6. The van der Waals surface area contributed by atoms with Crippen LogP contribution in [0.15, 0.2) is 206 Å². The molecule has 1 aliphatic rings. The van der Waals surface area contributed by atoms with E-state index < -0.39 is 0 Å². The van der Waals surface area contributed by atoms with Crippen LogP contribution in [0.1, 0.15) is 30.5 Å². The van der Waals surface area contributed by atoms with E-state index in [1.54, 1.807) is 0 Å². The normalized spacial score (nSPS) is 12.6. The Morgan fingerprint density at radius 2 is 0.877 bits per heavy atom. The first-order chi connectivity index (χ1) is 27.9. The highest BCUT2D eigenvalue weighted by atomic mass is 15.1. The van der Waals surface area contributed by atoms with Crippen molar-refractivity contribution in [2.75, 3.05) is 4.90 Å². The van der Waals surface area contributed by atoms with E-state index in [0.29, 0.717) is 0 Å². The molecule has 0 radical (unpaired) electrons. The van der Waals surface area contributed by atoms with Gasteiger partial charge in [0.25, 0.3) is 0 Å². The van der Waals surface area contributed by atoms with E-state index in [0.717, 1.165) is 11.4 Å². The van der Waals surface area contributed by atoms with Crippen LogP contribution < -0.4 is 4.90 Å². The largest absolute Gasteiger partial charge is 0.310 e. The van der Waals surface area contributed by atoms with Crippen LogP contribution in [0.25, 0.3) is 66.4 Å². The van der Waals surface area contributed by atoms with Crippen LogP contribution >= 0.6 is 0 Å². The maximum absolute atomic E-state index is 2.49. The first kappa shape index (κ1) is 34.5. The van der Waals surface area contributed by atoms with E-state index in [2.05, 4.69) is 232 Å². The van der Waals surface area contributed by atoms with E-state index in [1.807, 2.05) is 0 Å². The molecule has 1 nitrogen and oxygen atoms in total. The SMILES string of the molecule is Cc1cc(-c2cccc3ccccc23)cc(-c2ccccc2)c1N(c1ccc(-c2ccc(-c3ccccc3)cc2)cc1)c1ccc2c(c1)C(C)(C)c1ccccc1-2. The van der Waals surface area contributed by atoms with Gasteiger partial charge < -0.3 is 4.90 Å². The highest BCUT2D eigenvalue weighted by Gasteiger charge is 2.36. The minimum absolute atomic E-state index is 0.126. The maximum atomic E-state index is 2.49. The monoisotopic (exact) mass is 729 g/mol. The van der Waals surface area contributed by atoms with Crippen molar-refractivity contribution in [2.45, 2.75) is 26.2 Å². The van der Waals surface area contributed by atoms with Crippen molar-refractivity contribution in [1.29, 1.82) is 0 Å². The molecule has 0 fully saturated rings. The number of hydrogen-bond acceptors (Lipinski definition) is 1. The summed E-state index contributed by atoms with van der Waals surface area (Å²) in [5.41, 5.74) is 19.6. The van der Waals surface area contributed by atoms with E-state index in [9.17, 15) is 0 Å². The number of nitrogens with zero attached hydrogens (tertiary/aromatic N) is 1. The van der Waals surface area contributed by atoms with Crippen molar-refractivity contribution < 1.29 is 0 Å². The molecule has 0 aromatic heterocycles. The van der Waals surface area contributed by atoms with E-state index >= 15 is 0 Å². The van der Waals surface area contributed by atoms with E-state index in [-0.39, 0.29) is 5.41 Å². The summed E-state index contributed by atoms with van der Waals surface area (Å²) in [4.78, 5) is 2.49. The van der Waals surface area contributed by atoms with Gasteiger partial charge >= 0.3 is 0 Å². The van der Waals surface area contributed by atoms with Crippen LogP contribution in [0.4, 0.5) is 17.1 Å². The lowest BCUT2D eigenvalue weighted by Gasteiger charge is -2.32. The standard InChI is InChI=1S/C56H43N/c1-38-35-45(49-23-14-20-43-19-10-11-21-48(43)49)36-52(44-17-8-5-9-18-44)55(38)57(47-33-34-51-50-22-12-13-24-53(50)56(2,3)54(51)37-47)46-31-29-42(30-32-46)41-27-25-40(26-28-41)39-15-6-4-7-16-39/h4-37H,1-3H3. The fourth-order valence-electron chi connectivity index (χ4n) is 9.07. The van der Waals surface area contributed by atoms with Crippen molar-refractivity contribution in [3.05, 3.63) is 223 Å². The topological polar surface area (TPSA) is 3.24 Å². The molecule has 0 bridgehead atoms. The van der Waals surface area contributed by atoms with Crippen LogP contribution in [-0.2, 0) is 5.41 Å². The number of rotatable bonds is 7. The van der Waals surface area contributed by atoms with Gasteiger partial charge in [-0.15, -0.1) is 0 Å². The molecule has 0 N–H and O–H groups in total. The third kappa shape index (κ3) is 6.04. The maximum Gasteiger partial charge on any atom is 0.0569 e. The van der Waals surface area contributed by atoms with Gasteiger partial charge in [0.1, 0.15) is 0 Å². The van der Waals surface area contributed by atoms with Gasteiger partial charge in [-0.25, -0.2) is 0 Å². The molecule has 1 aliphatic carbocycles. The number of hydrogen-bond donors (Lipinski definition) is 0. The third-order valence-electron chi connectivity index (χ3n) is 12.0. The van der Waals surface area contributed by atoms with Crippen LogP contribution in [0.2, 0.25) is 0 Å². The Kier molecular flexibility index (Phi) is 8.46. The molecule has 9 aromatic carbocycles. The Morgan fingerprint density at radius 1 is 0.351 bits per heavy atom. The van der Waals surface area contributed by atoms with Crippen molar-refractivity contribution in [3.8, 4) is 55.6 Å². The van der Waals surface area contributed by atoms with Crippen molar-refractivity contribution in [2.24, 2.45) is 0 Å². The summed E-state index contributed by atoms with van der Waals surface area (Å²) in [6, 6.07) is 75.7. The van der Waals surface area contributed by atoms with E-state index in [4.69, 9.17) is 0 Å². The zero-order chi connectivity index (χ0) is 38.5. The predicted octanol–water partition coefficient (Wildman–Crippen LogP) is 15.6. The first-order valence-electron chi connectivity index (χ1n) is 19.9. The Hall–Kier alpha value is -6.96. The minimum atomic E-state index is -0.126. The molecular formula is C56H43N. The van der Waals surface area contributed by atoms with E-state index in [1.165, 1.54) is 88.8 Å². The Labute approximate surface area is 336 Å². The smallest absolute Gasteiger partial charge is 0.0569 e. The molecule has 0 saturated carbocycles. The predicted molar refractivity (Wildman–Crippen MR) is 243 cm³/mol. The van der Waals surface area contributed by atoms with Gasteiger partial charge in [0, 0.05) is 22.4 Å². The molecule has 0 aliphatic heterocycles. The molecule has 57 heavy (non-hydrogen) atoms. The van der Waals surface area contributed by atoms with Crippen molar-refractivity contribution >= 4 is 27.8 Å². The lowest BCUT2D eigenvalue weighted by atomic mass is 9.82. The third-order valence-corrected chi connectivity index (χ3v) is 12.0. The lowest BCUT2D eigenvalue weighted by Crippen LogP contribution is -2.17. The van der Waals surface area contributed by atoms with Gasteiger partial charge in [-0.1, -0.05) is 184 Å². The van der Waals surface area contributed by atoms with Crippen molar-refractivity contribution in [1.82, 2.24) is 0 Å². The highest BCUT2D eigenvalue weighted by Crippen LogP contribution is 2.52. The fraction of sp³-hybridized carbons (Fsp3) is 0.0714. The molecule has 0 atom stereocenters. The summed E-state index contributed by atoms with van der Waals surface area (Å²) in [5, 5.41) is 2.51. The number of benzene rings is 9. The molecule has 0 heterocycles. The Balaban J connectivity index is 1.16.